The zero-order chi connectivity index (χ0) is 17.8. The second-order valence-corrected chi connectivity index (χ2v) is 7.45. The molecule has 1 aromatic rings. The van der Waals surface area contributed by atoms with Crippen molar-refractivity contribution in [3.05, 3.63) is 11.8 Å². The van der Waals surface area contributed by atoms with E-state index in [-0.39, 0.29) is 24.5 Å². The SMILES string of the molecule is N[C@H]1CN[C@@H](c2nnc(C3CC[C@@H]4CN3C(=O)N4OS(=O)(=O)O)o2)C1. The van der Waals surface area contributed by atoms with E-state index in [1.54, 1.807) is 0 Å². The Hall–Kier alpha value is -1.80. The van der Waals surface area contributed by atoms with Crippen LogP contribution < -0.4 is 11.1 Å². The molecule has 3 fully saturated rings. The summed E-state index contributed by atoms with van der Waals surface area (Å²) >= 11 is 0. The topological polar surface area (TPSA) is 164 Å². The van der Waals surface area contributed by atoms with Gasteiger partial charge in [-0.2, -0.15) is 13.5 Å². The molecule has 4 N–H and O–H groups in total. The van der Waals surface area contributed by atoms with Crippen LogP contribution in [-0.2, 0) is 14.7 Å². The van der Waals surface area contributed by atoms with Gasteiger partial charge in [0.25, 0.3) is 0 Å². The first-order valence-electron chi connectivity index (χ1n) is 7.91. The van der Waals surface area contributed by atoms with Crippen molar-refractivity contribution in [1.29, 1.82) is 0 Å². The lowest BCUT2D eigenvalue weighted by Gasteiger charge is -2.27. The van der Waals surface area contributed by atoms with E-state index in [1.165, 1.54) is 4.90 Å². The number of amides is 2. The molecule has 13 heteroatoms. The van der Waals surface area contributed by atoms with Crippen LogP contribution in [0.3, 0.4) is 0 Å². The van der Waals surface area contributed by atoms with Crippen LogP contribution >= 0.6 is 0 Å². The second-order valence-electron chi connectivity index (χ2n) is 6.45. The van der Waals surface area contributed by atoms with E-state index in [9.17, 15) is 13.2 Å². The number of fused-ring (bicyclic) bond motifs is 2. The number of carbonyl (C=O) groups is 1. The smallest absolute Gasteiger partial charge is 0.418 e. The van der Waals surface area contributed by atoms with Crippen molar-refractivity contribution in [3.8, 4) is 0 Å². The Morgan fingerprint density at radius 1 is 1.32 bits per heavy atom. The highest BCUT2D eigenvalue weighted by atomic mass is 32.3. The first-order valence-corrected chi connectivity index (χ1v) is 9.27. The molecule has 3 aliphatic rings. The summed E-state index contributed by atoms with van der Waals surface area (Å²) in [6, 6.07) is -1.66. The molecular formula is C12H18N6O6S. The van der Waals surface area contributed by atoms with E-state index >= 15 is 0 Å². The zero-order valence-corrected chi connectivity index (χ0v) is 13.9. The number of hydroxylamine groups is 2. The number of hydrogen-bond acceptors (Lipinski definition) is 9. The molecule has 0 spiro atoms. The van der Waals surface area contributed by atoms with Crippen LogP contribution in [0.15, 0.2) is 4.42 Å². The predicted octanol–water partition coefficient (Wildman–Crippen LogP) is -0.893. The minimum absolute atomic E-state index is 0.0297. The number of nitrogens with zero attached hydrogens (tertiary/aromatic N) is 4. The lowest BCUT2D eigenvalue weighted by Crippen LogP contribution is -2.35. The molecule has 3 saturated heterocycles. The van der Waals surface area contributed by atoms with Gasteiger partial charge in [-0.15, -0.1) is 14.5 Å². The highest BCUT2D eigenvalue weighted by molar-refractivity contribution is 7.80. The lowest BCUT2D eigenvalue weighted by atomic mass is 10.0. The van der Waals surface area contributed by atoms with Gasteiger partial charge in [-0.3, -0.25) is 4.55 Å². The van der Waals surface area contributed by atoms with Gasteiger partial charge < -0.3 is 20.4 Å². The van der Waals surface area contributed by atoms with Crippen LogP contribution in [-0.4, -0.2) is 64.3 Å². The van der Waals surface area contributed by atoms with Gasteiger partial charge in [-0.1, -0.05) is 0 Å². The van der Waals surface area contributed by atoms with Crippen LogP contribution in [0.1, 0.15) is 43.1 Å². The van der Waals surface area contributed by atoms with Crippen LogP contribution in [0.4, 0.5) is 4.79 Å². The van der Waals surface area contributed by atoms with E-state index in [1.807, 2.05) is 0 Å². The fourth-order valence-corrected chi connectivity index (χ4v) is 3.95. The van der Waals surface area contributed by atoms with Gasteiger partial charge in [0.1, 0.15) is 6.04 Å². The van der Waals surface area contributed by atoms with Gasteiger partial charge in [0.05, 0.1) is 12.1 Å². The maximum Gasteiger partial charge on any atom is 0.418 e. The van der Waals surface area contributed by atoms with Gasteiger partial charge in [-0.05, 0) is 19.3 Å². The monoisotopic (exact) mass is 374 g/mol. The number of piperidine rings is 1. The molecule has 4 atom stereocenters. The Morgan fingerprint density at radius 2 is 2.08 bits per heavy atom. The van der Waals surface area contributed by atoms with E-state index in [4.69, 9.17) is 14.7 Å². The standard InChI is InChI=1S/C12H18N6O6S/c13-6-3-8(14-4-6)10-15-16-11(23-10)9-2-1-7-5-17(9)12(19)18(7)24-25(20,21)22/h6-9,14H,1-5,13H2,(H,20,21,22)/t6-,7-,8-,9?/m1/s1. The molecule has 4 heterocycles. The lowest BCUT2D eigenvalue weighted by molar-refractivity contribution is -0.0317. The number of nitrogens with one attached hydrogen (secondary N) is 1. The number of carbonyl (C=O) groups excluding carboxylic acids is 1. The summed E-state index contributed by atoms with van der Waals surface area (Å²) in [4.78, 5) is 13.8. The van der Waals surface area contributed by atoms with Crippen LogP contribution in [0.5, 0.6) is 0 Å². The van der Waals surface area contributed by atoms with Crippen LogP contribution in [0, 0.1) is 0 Å². The Labute approximate surface area is 143 Å². The summed E-state index contributed by atoms with van der Waals surface area (Å²) in [6.07, 6.45) is 1.68. The van der Waals surface area contributed by atoms with E-state index in [0.717, 1.165) is 0 Å². The molecule has 1 aromatic heterocycles. The molecular weight excluding hydrogens is 356 g/mol. The zero-order valence-electron chi connectivity index (χ0n) is 13.1. The molecule has 4 rings (SSSR count). The highest BCUT2D eigenvalue weighted by Gasteiger charge is 2.49. The van der Waals surface area contributed by atoms with Crippen LogP contribution in [0.25, 0.3) is 0 Å². The normalized spacial score (nSPS) is 32.6. The molecule has 1 unspecified atom stereocenters. The fourth-order valence-electron chi connectivity index (χ4n) is 3.56. The Morgan fingerprint density at radius 3 is 2.76 bits per heavy atom. The molecule has 2 amide bonds. The maximum atomic E-state index is 12.4. The summed E-state index contributed by atoms with van der Waals surface area (Å²) in [5.74, 6) is 0.709. The van der Waals surface area contributed by atoms with Crippen molar-refractivity contribution in [2.75, 3.05) is 13.1 Å². The van der Waals surface area contributed by atoms with Gasteiger partial charge in [0.2, 0.25) is 11.8 Å². The second kappa shape index (κ2) is 5.88. The summed E-state index contributed by atoms with van der Waals surface area (Å²) in [6.45, 7) is 0.920. The average Bonchev–Trinajstić information content (AvgIpc) is 3.23. The highest BCUT2D eigenvalue weighted by Crippen LogP contribution is 2.38. The summed E-state index contributed by atoms with van der Waals surface area (Å²) in [7, 11) is -4.77. The maximum absolute atomic E-state index is 12.4. The number of nitrogens with two attached hydrogens (primary N) is 1. The fraction of sp³-hybridized carbons (Fsp3) is 0.750. The Bertz CT molecular complexity index is 783. The van der Waals surface area contributed by atoms with Crippen molar-refractivity contribution in [3.63, 3.8) is 0 Å². The number of urea groups is 1. The minimum Gasteiger partial charge on any atom is -0.421 e. The Kier molecular flexibility index (Phi) is 3.92. The summed E-state index contributed by atoms with van der Waals surface area (Å²) in [5.41, 5.74) is 5.85. The summed E-state index contributed by atoms with van der Waals surface area (Å²) in [5, 5.41) is 12.0. The largest absolute Gasteiger partial charge is 0.421 e. The minimum atomic E-state index is -4.77. The van der Waals surface area contributed by atoms with Gasteiger partial charge >= 0.3 is 16.4 Å². The van der Waals surface area contributed by atoms with Crippen LogP contribution in [0.2, 0.25) is 0 Å². The predicted molar refractivity (Wildman–Crippen MR) is 80.0 cm³/mol. The van der Waals surface area contributed by atoms with Gasteiger partial charge in [0, 0.05) is 19.1 Å². The van der Waals surface area contributed by atoms with Crippen molar-refractivity contribution in [1.82, 2.24) is 25.5 Å². The summed E-state index contributed by atoms with van der Waals surface area (Å²) < 4.78 is 40.8. The van der Waals surface area contributed by atoms with Crippen molar-refractivity contribution in [2.24, 2.45) is 5.73 Å². The van der Waals surface area contributed by atoms with Crippen molar-refractivity contribution in [2.45, 2.75) is 43.4 Å². The third-order valence-electron chi connectivity index (χ3n) is 4.70. The van der Waals surface area contributed by atoms with E-state index in [2.05, 4.69) is 19.8 Å². The molecule has 2 bridgehead atoms. The number of hydrogen-bond donors (Lipinski definition) is 3. The third kappa shape index (κ3) is 3.08. The molecule has 0 aromatic carbocycles. The molecule has 0 radical (unpaired) electrons. The van der Waals surface area contributed by atoms with Gasteiger partial charge in [-0.25, -0.2) is 4.79 Å². The first-order chi connectivity index (χ1) is 11.8. The number of rotatable bonds is 4. The molecule has 25 heavy (non-hydrogen) atoms. The Balaban J connectivity index is 1.51. The molecule has 3 aliphatic heterocycles. The average molecular weight is 374 g/mol. The first kappa shape index (κ1) is 16.7. The van der Waals surface area contributed by atoms with E-state index in [0.29, 0.717) is 36.8 Å². The van der Waals surface area contributed by atoms with E-state index < -0.39 is 28.5 Å². The molecule has 0 aliphatic carbocycles. The van der Waals surface area contributed by atoms with Gasteiger partial charge in [0.15, 0.2) is 0 Å². The van der Waals surface area contributed by atoms with Crippen molar-refractivity contribution >= 4 is 16.4 Å². The molecule has 138 valence electrons. The number of aromatic nitrogens is 2. The quantitative estimate of drug-likeness (QED) is 0.563. The third-order valence-corrected chi connectivity index (χ3v) is 5.05. The molecule has 0 saturated carbocycles. The molecule has 12 nitrogen and oxygen atoms in total. The van der Waals surface area contributed by atoms with Crippen molar-refractivity contribution < 1.29 is 26.5 Å².